The minimum absolute atomic E-state index is 0.0478. The highest BCUT2D eigenvalue weighted by atomic mass is 32.2. The van der Waals surface area contributed by atoms with Crippen LogP contribution in [0.3, 0.4) is 0 Å². The number of anilines is 1. The zero-order valence-corrected chi connectivity index (χ0v) is 23.9. The molecule has 1 saturated heterocycles. The molecule has 2 aromatic carbocycles. The molecule has 5 aromatic rings. The van der Waals surface area contributed by atoms with Crippen molar-refractivity contribution < 1.29 is 17.9 Å². The molecule has 1 aliphatic heterocycles. The summed E-state index contributed by atoms with van der Waals surface area (Å²) in [5, 5.41) is 12.1. The van der Waals surface area contributed by atoms with E-state index in [-0.39, 0.29) is 30.2 Å². The number of carbonyl (C=O) groups is 1. The van der Waals surface area contributed by atoms with Crippen LogP contribution in [0, 0.1) is 0 Å². The summed E-state index contributed by atoms with van der Waals surface area (Å²) in [6.07, 6.45) is 5.96. The van der Waals surface area contributed by atoms with E-state index in [9.17, 15) is 13.2 Å². The Kier molecular flexibility index (Phi) is 7.68. The summed E-state index contributed by atoms with van der Waals surface area (Å²) in [4.78, 5) is 17.7. The SMILES string of the molecule is COCn1cc(NC(=O)c2cccc(Cc3c(-c4ccccn4)nn(C4CCS(=O)(=O)C4)c3-c3ccccc3)c2)cn1. The van der Waals surface area contributed by atoms with E-state index in [4.69, 9.17) is 9.84 Å². The number of pyridine rings is 1. The maximum atomic E-state index is 13.1. The van der Waals surface area contributed by atoms with Crippen molar-refractivity contribution in [2.24, 2.45) is 0 Å². The second-order valence-electron chi connectivity index (χ2n) is 10.3. The third-order valence-corrected chi connectivity index (χ3v) is 8.99. The van der Waals surface area contributed by atoms with Crippen molar-refractivity contribution in [1.29, 1.82) is 0 Å². The summed E-state index contributed by atoms with van der Waals surface area (Å²) in [5.74, 6) is -0.0674. The first-order valence-corrected chi connectivity index (χ1v) is 15.4. The van der Waals surface area contributed by atoms with E-state index in [1.54, 1.807) is 36.4 Å². The van der Waals surface area contributed by atoms with Crippen LogP contribution in [-0.2, 0) is 27.7 Å². The smallest absolute Gasteiger partial charge is 0.255 e. The molecule has 10 nitrogen and oxygen atoms in total. The fourth-order valence-corrected chi connectivity index (χ4v) is 7.03. The molecular weight excluding hydrogens is 552 g/mol. The third-order valence-electron chi connectivity index (χ3n) is 7.24. The van der Waals surface area contributed by atoms with Crippen molar-refractivity contribution in [2.75, 3.05) is 23.9 Å². The van der Waals surface area contributed by atoms with Crippen LogP contribution >= 0.6 is 0 Å². The van der Waals surface area contributed by atoms with Gasteiger partial charge in [0, 0.05) is 36.4 Å². The quantitative estimate of drug-likeness (QED) is 0.269. The predicted molar refractivity (Wildman–Crippen MR) is 160 cm³/mol. The molecule has 11 heteroatoms. The topological polar surface area (TPSA) is 121 Å². The Morgan fingerprint density at radius 2 is 1.90 bits per heavy atom. The Morgan fingerprint density at radius 1 is 1.07 bits per heavy atom. The Labute approximate surface area is 243 Å². The van der Waals surface area contributed by atoms with Gasteiger partial charge in [-0.25, -0.2) is 13.1 Å². The molecule has 3 aromatic heterocycles. The number of carbonyl (C=O) groups excluding carboxylic acids is 1. The minimum atomic E-state index is -3.15. The van der Waals surface area contributed by atoms with Gasteiger partial charge in [-0.05, 0) is 36.2 Å². The summed E-state index contributed by atoms with van der Waals surface area (Å²) in [5.41, 5.74) is 6.09. The summed E-state index contributed by atoms with van der Waals surface area (Å²) in [6.45, 7) is 0.286. The number of amides is 1. The molecule has 0 radical (unpaired) electrons. The van der Waals surface area contributed by atoms with Gasteiger partial charge in [-0.2, -0.15) is 10.2 Å². The maximum Gasteiger partial charge on any atom is 0.255 e. The molecule has 42 heavy (non-hydrogen) atoms. The van der Waals surface area contributed by atoms with Crippen molar-refractivity contribution in [3.63, 3.8) is 0 Å². The van der Waals surface area contributed by atoms with Crippen LogP contribution < -0.4 is 5.32 Å². The van der Waals surface area contributed by atoms with Crippen molar-refractivity contribution in [3.05, 3.63) is 108 Å². The predicted octanol–water partition coefficient (Wildman–Crippen LogP) is 4.62. The Balaban J connectivity index is 1.40. The highest BCUT2D eigenvalue weighted by Crippen LogP contribution is 2.37. The van der Waals surface area contributed by atoms with Crippen LogP contribution in [-0.4, -0.2) is 57.5 Å². The van der Waals surface area contributed by atoms with E-state index in [2.05, 4.69) is 15.4 Å². The Hall–Kier alpha value is -4.61. The monoisotopic (exact) mass is 582 g/mol. The van der Waals surface area contributed by atoms with E-state index in [0.717, 1.165) is 22.4 Å². The Bertz CT molecular complexity index is 1820. The first-order chi connectivity index (χ1) is 20.4. The third kappa shape index (κ3) is 5.88. The number of aromatic nitrogens is 5. The van der Waals surface area contributed by atoms with Gasteiger partial charge < -0.3 is 10.1 Å². The molecule has 1 N–H and O–H groups in total. The number of nitrogens with zero attached hydrogens (tertiary/aromatic N) is 5. The Morgan fingerprint density at radius 3 is 2.64 bits per heavy atom. The molecule has 1 unspecified atom stereocenters. The van der Waals surface area contributed by atoms with Gasteiger partial charge in [-0.15, -0.1) is 0 Å². The van der Waals surface area contributed by atoms with Crippen molar-refractivity contribution in [3.8, 4) is 22.6 Å². The number of methoxy groups -OCH3 is 1. The number of rotatable bonds is 9. The van der Waals surface area contributed by atoms with E-state index in [0.29, 0.717) is 35.5 Å². The number of hydrogen-bond donors (Lipinski definition) is 1. The first-order valence-electron chi connectivity index (χ1n) is 13.6. The summed E-state index contributed by atoms with van der Waals surface area (Å²) < 4.78 is 33.5. The molecule has 1 amide bonds. The van der Waals surface area contributed by atoms with Crippen molar-refractivity contribution >= 4 is 21.4 Å². The number of benzene rings is 2. The van der Waals surface area contributed by atoms with Gasteiger partial charge >= 0.3 is 0 Å². The van der Waals surface area contributed by atoms with Gasteiger partial charge in [-0.3, -0.25) is 14.5 Å². The average molecular weight is 583 g/mol. The zero-order chi connectivity index (χ0) is 29.1. The van der Waals surface area contributed by atoms with Gasteiger partial charge in [0.15, 0.2) is 9.84 Å². The highest BCUT2D eigenvalue weighted by Gasteiger charge is 2.33. The van der Waals surface area contributed by atoms with Crippen LogP contribution in [0.25, 0.3) is 22.6 Å². The van der Waals surface area contributed by atoms with E-state index in [1.807, 2.05) is 71.4 Å². The molecule has 214 valence electrons. The molecule has 1 atom stereocenters. The fraction of sp³-hybridized carbons (Fsp3) is 0.226. The maximum absolute atomic E-state index is 13.1. The lowest BCUT2D eigenvalue weighted by atomic mass is 9.96. The summed E-state index contributed by atoms with van der Waals surface area (Å²) in [6, 6.07) is 22.7. The lowest BCUT2D eigenvalue weighted by Gasteiger charge is -2.15. The van der Waals surface area contributed by atoms with Gasteiger partial charge in [0.05, 0.1) is 47.0 Å². The molecule has 0 spiro atoms. The standard InChI is InChI=1S/C31H30N6O4S/c1-41-21-36-19-25(18-33-36)34-31(38)24-11-7-8-22(16-24)17-27-29(28-12-5-6-14-32-28)35-37(26-13-15-42(39,40)20-26)30(27)23-9-3-2-4-10-23/h2-12,14,16,18-19,26H,13,15,17,20-21H2,1H3,(H,34,38). The zero-order valence-electron chi connectivity index (χ0n) is 23.1. The van der Waals surface area contributed by atoms with Gasteiger partial charge in [0.25, 0.3) is 5.91 Å². The van der Waals surface area contributed by atoms with Gasteiger partial charge in [0.2, 0.25) is 0 Å². The van der Waals surface area contributed by atoms with Crippen LogP contribution in [0.1, 0.15) is 33.9 Å². The molecule has 0 bridgehead atoms. The van der Waals surface area contributed by atoms with Gasteiger partial charge in [0.1, 0.15) is 12.4 Å². The van der Waals surface area contributed by atoms with Gasteiger partial charge in [-0.1, -0.05) is 48.5 Å². The van der Waals surface area contributed by atoms with E-state index >= 15 is 0 Å². The fourth-order valence-electron chi connectivity index (χ4n) is 5.34. The van der Waals surface area contributed by atoms with Crippen molar-refractivity contribution in [1.82, 2.24) is 24.5 Å². The highest BCUT2D eigenvalue weighted by molar-refractivity contribution is 7.91. The van der Waals surface area contributed by atoms with Crippen LogP contribution in [0.5, 0.6) is 0 Å². The molecular formula is C31H30N6O4S. The number of hydrogen-bond acceptors (Lipinski definition) is 7. The number of sulfone groups is 1. The molecule has 4 heterocycles. The van der Waals surface area contributed by atoms with Crippen molar-refractivity contribution in [2.45, 2.75) is 25.6 Å². The molecule has 0 saturated carbocycles. The second-order valence-corrected chi connectivity index (χ2v) is 12.5. The van der Waals surface area contributed by atoms with Crippen LogP contribution in [0.15, 0.2) is 91.4 Å². The minimum Gasteiger partial charge on any atom is -0.362 e. The summed E-state index contributed by atoms with van der Waals surface area (Å²) in [7, 11) is -1.57. The average Bonchev–Trinajstić information content (AvgIpc) is 3.71. The summed E-state index contributed by atoms with van der Waals surface area (Å²) >= 11 is 0. The number of ether oxygens (including phenoxy) is 1. The largest absolute Gasteiger partial charge is 0.362 e. The normalized spacial score (nSPS) is 16.0. The second kappa shape index (κ2) is 11.7. The van der Waals surface area contributed by atoms with E-state index < -0.39 is 9.84 Å². The molecule has 1 aliphatic rings. The van der Waals surface area contributed by atoms with Crippen LogP contribution in [0.4, 0.5) is 5.69 Å². The first kappa shape index (κ1) is 27.6. The molecule has 0 aliphatic carbocycles. The van der Waals surface area contributed by atoms with Crippen LogP contribution in [0.2, 0.25) is 0 Å². The van der Waals surface area contributed by atoms with E-state index in [1.165, 1.54) is 0 Å². The lowest BCUT2D eigenvalue weighted by Crippen LogP contribution is -2.14. The number of nitrogens with one attached hydrogen (secondary N) is 1. The molecule has 6 rings (SSSR count). The lowest BCUT2D eigenvalue weighted by molar-refractivity contribution is 0.102. The molecule has 1 fully saturated rings.